The number of hydrogen-bond donors (Lipinski definition) is 1. The van der Waals surface area contributed by atoms with E-state index in [0.29, 0.717) is 5.56 Å². The number of hydrogen-bond acceptors (Lipinski definition) is 4. The van der Waals surface area contributed by atoms with Crippen LogP contribution in [0.5, 0.6) is 0 Å². The summed E-state index contributed by atoms with van der Waals surface area (Å²) in [6.07, 6.45) is 2.84. The minimum absolute atomic E-state index is 0.121. The Morgan fingerprint density at radius 3 is 2.95 bits per heavy atom. The van der Waals surface area contributed by atoms with Crippen LogP contribution in [-0.2, 0) is 0 Å². The molecule has 0 aliphatic heterocycles. The highest BCUT2D eigenvalue weighted by atomic mass is 32.1. The van der Waals surface area contributed by atoms with Crippen LogP contribution in [-0.4, -0.2) is 9.97 Å². The van der Waals surface area contributed by atoms with Gasteiger partial charge in [0.1, 0.15) is 5.82 Å². The summed E-state index contributed by atoms with van der Waals surface area (Å²) in [6.45, 7) is 3.92. The van der Waals surface area contributed by atoms with Gasteiger partial charge in [0.25, 0.3) is 0 Å². The first-order chi connectivity index (χ1) is 9.63. The summed E-state index contributed by atoms with van der Waals surface area (Å²) in [7, 11) is 0. The van der Waals surface area contributed by atoms with E-state index >= 15 is 0 Å². The molecule has 5 heteroatoms. The average molecular weight is 287 g/mol. The van der Waals surface area contributed by atoms with Crippen molar-refractivity contribution in [3.8, 4) is 0 Å². The van der Waals surface area contributed by atoms with Gasteiger partial charge in [-0.2, -0.15) is 0 Å². The van der Waals surface area contributed by atoms with Crippen molar-refractivity contribution in [2.24, 2.45) is 0 Å². The summed E-state index contributed by atoms with van der Waals surface area (Å²) >= 11 is 1.66. The van der Waals surface area contributed by atoms with Crippen molar-refractivity contribution in [1.29, 1.82) is 0 Å². The van der Waals surface area contributed by atoms with Gasteiger partial charge < -0.3 is 5.32 Å². The van der Waals surface area contributed by atoms with Crippen molar-refractivity contribution in [2.75, 3.05) is 5.32 Å². The zero-order valence-corrected chi connectivity index (χ0v) is 12.0. The maximum absolute atomic E-state index is 13.7. The highest BCUT2D eigenvalue weighted by Crippen LogP contribution is 2.27. The van der Waals surface area contributed by atoms with Crippen LogP contribution < -0.4 is 5.32 Å². The molecule has 1 aromatic carbocycles. The van der Waals surface area contributed by atoms with Crippen molar-refractivity contribution in [1.82, 2.24) is 9.97 Å². The van der Waals surface area contributed by atoms with E-state index in [9.17, 15) is 4.39 Å². The Balaban J connectivity index is 1.87. The number of nitrogens with zero attached hydrogens (tertiary/aromatic N) is 2. The van der Waals surface area contributed by atoms with Gasteiger partial charge in [0.2, 0.25) is 0 Å². The van der Waals surface area contributed by atoms with Gasteiger partial charge >= 0.3 is 0 Å². The molecule has 1 N–H and O–H groups in total. The lowest BCUT2D eigenvalue weighted by Gasteiger charge is -2.16. The fourth-order valence-electron chi connectivity index (χ4n) is 2.19. The lowest BCUT2D eigenvalue weighted by atomic mass is 10.1. The predicted molar refractivity (Wildman–Crippen MR) is 80.6 cm³/mol. The van der Waals surface area contributed by atoms with E-state index in [2.05, 4.69) is 21.4 Å². The number of aromatic nitrogens is 2. The number of benzene rings is 1. The van der Waals surface area contributed by atoms with E-state index in [-0.39, 0.29) is 11.9 Å². The van der Waals surface area contributed by atoms with Gasteiger partial charge in [-0.25, -0.2) is 9.37 Å². The second kappa shape index (κ2) is 5.17. The lowest BCUT2D eigenvalue weighted by Crippen LogP contribution is -2.08. The topological polar surface area (TPSA) is 37.8 Å². The summed E-state index contributed by atoms with van der Waals surface area (Å²) < 4.78 is 14.8. The van der Waals surface area contributed by atoms with Gasteiger partial charge in [-0.05, 0) is 38.1 Å². The van der Waals surface area contributed by atoms with E-state index < -0.39 is 0 Å². The maximum Gasteiger partial charge on any atom is 0.146 e. The van der Waals surface area contributed by atoms with Crippen molar-refractivity contribution >= 4 is 27.2 Å². The molecule has 3 nitrogen and oxygen atoms in total. The Hall–Kier alpha value is -2.01. The third-order valence-electron chi connectivity index (χ3n) is 3.15. The van der Waals surface area contributed by atoms with Gasteiger partial charge in [0, 0.05) is 17.4 Å². The molecule has 0 aliphatic carbocycles. The van der Waals surface area contributed by atoms with E-state index in [1.807, 2.05) is 26.0 Å². The number of aryl methyl sites for hydroxylation is 1. The number of rotatable bonds is 3. The molecule has 3 aromatic rings. The van der Waals surface area contributed by atoms with Crippen molar-refractivity contribution in [3.05, 3.63) is 53.0 Å². The number of pyridine rings is 1. The van der Waals surface area contributed by atoms with Gasteiger partial charge in [-0.15, -0.1) is 11.3 Å². The van der Waals surface area contributed by atoms with Crippen LogP contribution in [0.15, 0.2) is 36.7 Å². The second-order valence-corrected chi connectivity index (χ2v) is 5.91. The minimum Gasteiger partial charge on any atom is -0.378 e. The van der Waals surface area contributed by atoms with Gasteiger partial charge in [0.05, 0.1) is 27.5 Å². The molecule has 0 saturated heterocycles. The predicted octanol–water partition coefficient (Wildman–Crippen LogP) is 4.31. The van der Waals surface area contributed by atoms with Crippen molar-refractivity contribution in [2.45, 2.75) is 19.9 Å². The van der Waals surface area contributed by atoms with Crippen LogP contribution >= 0.6 is 11.3 Å². The SMILES string of the molecule is Cc1nc2ccc(NC(C)c3ccncc3F)cc2s1. The van der Waals surface area contributed by atoms with Crippen LogP contribution in [0.2, 0.25) is 0 Å². The van der Waals surface area contributed by atoms with Crippen LogP contribution in [0, 0.1) is 12.7 Å². The van der Waals surface area contributed by atoms with Crippen molar-refractivity contribution in [3.63, 3.8) is 0 Å². The van der Waals surface area contributed by atoms with Gasteiger partial charge in [0.15, 0.2) is 0 Å². The number of thiazole rings is 1. The molecule has 1 unspecified atom stereocenters. The molecular weight excluding hydrogens is 273 g/mol. The largest absolute Gasteiger partial charge is 0.378 e. The number of nitrogens with one attached hydrogen (secondary N) is 1. The zero-order chi connectivity index (χ0) is 14.1. The van der Waals surface area contributed by atoms with Gasteiger partial charge in [-0.1, -0.05) is 0 Å². The average Bonchev–Trinajstić information content (AvgIpc) is 2.78. The van der Waals surface area contributed by atoms with Crippen LogP contribution in [0.3, 0.4) is 0 Å². The Morgan fingerprint density at radius 2 is 2.15 bits per heavy atom. The normalized spacial score (nSPS) is 12.6. The highest BCUT2D eigenvalue weighted by Gasteiger charge is 2.11. The Labute approximate surface area is 120 Å². The number of fused-ring (bicyclic) bond motifs is 1. The van der Waals surface area contributed by atoms with Crippen LogP contribution in [0.1, 0.15) is 23.5 Å². The number of halogens is 1. The monoisotopic (exact) mass is 287 g/mol. The summed E-state index contributed by atoms with van der Waals surface area (Å²) in [4.78, 5) is 8.20. The molecule has 0 bridgehead atoms. The quantitative estimate of drug-likeness (QED) is 0.780. The smallest absolute Gasteiger partial charge is 0.146 e. The molecule has 1 atom stereocenters. The van der Waals surface area contributed by atoms with E-state index in [1.54, 1.807) is 23.6 Å². The first-order valence-corrected chi connectivity index (χ1v) is 7.18. The molecule has 20 heavy (non-hydrogen) atoms. The molecule has 0 aliphatic rings. The van der Waals surface area contributed by atoms with Crippen molar-refractivity contribution < 1.29 is 4.39 Å². The third-order valence-corrected chi connectivity index (χ3v) is 4.08. The summed E-state index contributed by atoms with van der Waals surface area (Å²) in [5, 5.41) is 4.36. The molecule has 0 spiro atoms. The van der Waals surface area contributed by atoms with E-state index in [1.165, 1.54) is 6.20 Å². The van der Waals surface area contributed by atoms with Gasteiger partial charge in [-0.3, -0.25) is 4.98 Å². The maximum atomic E-state index is 13.7. The fourth-order valence-corrected chi connectivity index (χ4v) is 3.06. The first-order valence-electron chi connectivity index (χ1n) is 6.36. The Morgan fingerprint density at radius 1 is 1.30 bits per heavy atom. The Bertz CT molecular complexity index is 754. The molecule has 0 radical (unpaired) electrons. The van der Waals surface area contributed by atoms with Crippen LogP contribution in [0.4, 0.5) is 10.1 Å². The molecule has 2 heterocycles. The fraction of sp³-hybridized carbons (Fsp3) is 0.200. The molecule has 0 saturated carbocycles. The summed E-state index contributed by atoms with van der Waals surface area (Å²) in [6, 6.07) is 7.58. The first kappa shape index (κ1) is 13.0. The molecule has 3 rings (SSSR count). The van der Waals surface area contributed by atoms with E-state index in [4.69, 9.17) is 0 Å². The Kier molecular flexibility index (Phi) is 3.36. The molecule has 102 valence electrons. The molecule has 2 aromatic heterocycles. The second-order valence-electron chi connectivity index (χ2n) is 4.68. The molecular formula is C15H14FN3S. The summed E-state index contributed by atoms with van der Waals surface area (Å²) in [5.74, 6) is -0.290. The lowest BCUT2D eigenvalue weighted by molar-refractivity contribution is 0.594. The minimum atomic E-state index is -0.290. The van der Waals surface area contributed by atoms with Crippen LogP contribution in [0.25, 0.3) is 10.2 Å². The number of anilines is 1. The molecule has 0 amide bonds. The van der Waals surface area contributed by atoms with E-state index in [0.717, 1.165) is 20.9 Å². The highest BCUT2D eigenvalue weighted by molar-refractivity contribution is 7.18. The standard InChI is InChI=1S/C15H14FN3S/c1-9(12-5-6-17-8-13(12)16)18-11-3-4-14-15(7-11)20-10(2)19-14/h3-9,18H,1-2H3. The third kappa shape index (κ3) is 2.49. The summed E-state index contributed by atoms with van der Waals surface area (Å²) in [5.41, 5.74) is 2.58. The molecule has 0 fully saturated rings. The zero-order valence-electron chi connectivity index (χ0n) is 11.2.